The molecule has 1 aliphatic rings. The van der Waals surface area contributed by atoms with Crippen molar-refractivity contribution < 1.29 is 19.4 Å². The molecule has 0 amide bonds. The Morgan fingerprint density at radius 3 is 2.22 bits per heavy atom. The van der Waals surface area contributed by atoms with Gasteiger partial charge in [0, 0.05) is 11.8 Å². The number of hydrogen-bond donors (Lipinski definition) is 1. The van der Waals surface area contributed by atoms with Crippen LogP contribution in [0.25, 0.3) is 0 Å². The topological polar surface area (TPSA) is 55.8 Å². The normalized spacial score (nSPS) is 17.6. The number of esters is 1. The van der Waals surface area contributed by atoms with Gasteiger partial charge in [-0.2, -0.15) is 0 Å². The summed E-state index contributed by atoms with van der Waals surface area (Å²) in [5, 5.41) is 10.5. The van der Waals surface area contributed by atoms with Gasteiger partial charge < -0.3 is 14.6 Å². The fourth-order valence-corrected chi connectivity index (χ4v) is 5.42. The van der Waals surface area contributed by atoms with Crippen LogP contribution in [0.1, 0.15) is 101 Å². The van der Waals surface area contributed by atoms with E-state index < -0.39 is 0 Å². The molecule has 4 nitrogen and oxygen atoms in total. The van der Waals surface area contributed by atoms with Crippen molar-refractivity contribution in [2.24, 2.45) is 5.41 Å². The van der Waals surface area contributed by atoms with E-state index in [1.807, 2.05) is 0 Å². The number of rotatable bonds is 10. The molecule has 1 fully saturated rings. The first kappa shape index (κ1) is 28.2. The number of aliphatic hydroxyl groups is 1. The maximum atomic E-state index is 11.6. The van der Waals surface area contributed by atoms with Crippen molar-refractivity contribution in [1.29, 1.82) is 0 Å². The zero-order valence-corrected chi connectivity index (χ0v) is 23.4. The van der Waals surface area contributed by atoms with Gasteiger partial charge in [0.2, 0.25) is 0 Å². The van der Waals surface area contributed by atoms with Crippen molar-refractivity contribution >= 4 is 5.97 Å². The van der Waals surface area contributed by atoms with Crippen molar-refractivity contribution in [2.45, 2.75) is 111 Å². The molecule has 0 radical (unpaired) electrons. The van der Waals surface area contributed by atoms with Crippen LogP contribution < -0.4 is 4.74 Å². The minimum Gasteiger partial charge on any atom is -0.489 e. The fraction of sp³-hybridized carbons (Fsp3) is 0.594. The zero-order chi connectivity index (χ0) is 26.5. The van der Waals surface area contributed by atoms with Gasteiger partial charge >= 0.3 is 5.97 Å². The van der Waals surface area contributed by atoms with Gasteiger partial charge in [-0.3, -0.25) is 4.79 Å². The predicted molar refractivity (Wildman–Crippen MR) is 147 cm³/mol. The van der Waals surface area contributed by atoms with Crippen LogP contribution in [-0.4, -0.2) is 29.9 Å². The molecular weight excluding hydrogens is 448 g/mol. The van der Waals surface area contributed by atoms with Crippen LogP contribution in [0.3, 0.4) is 0 Å². The predicted octanol–water partition coefficient (Wildman–Crippen LogP) is 7.22. The first-order valence-electron chi connectivity index (χ1n) is 13.7. The summed E-state index contributed by atoms with van der Waals surface area (Å²) in [6.45, 7) is 15.5. The Hall–Kier alpha value is -2.33. The lowest BCUT2D eigenvalue weighted by atomic mass is 9.69. The van der Waals surface area contributed by atoms with Crippen LogP contribution in [0, 0.1) is 19.3 Å². The molecular formula is C32H46O4. The van der Waals surface area contributed by atoms with Gasteiger partial charge in [0.05, 0.1) is 6.10 Å². The third-order valence-electron chi connectivity index (χ3n) is 8.15. The molecule has 0 unspecified atom stereocenters. The number of cyclic esters (lactones) is 1. The van der Waals surface area contributed by atoms with Crippen molar-refractivity contribution in [2.75, 3.05) is 6.61 Å². The lowest BCUT2D eigenvalue weighted by Crippen LogP contribution is -2.29. The highest BCUT2D eigenvalue weighted by molar-refractivity contribution is 5.70. The monoisotopic (exact) mass is 494 g/mol. The van der Waals surface area contributed by atoms with Crippen LogP contribution in [0.15, 0.2) is 36.4 Å². The second kappa shape index (κ2) is 11.8. The van der Waals surface area contributed by atoms with E-state index in [0.29, 0.717) is 13.0 Å². The number of aryl methyl sites for hydroxylation is 3. The Bertz CT molecular complexity index is 1030. The highest BCUT2D eigenvalue weighted by atomic mass is 16.6. The molecule has 2 atom stereocenters. The third-order valence-corrected chi connectivity index (χ3v) is 8.15. The Balaban J connectivity index is 1.79. The maximum absolute atomic E-state index is 11.6. The highest BCUT2D eigenvalue weighted by Crippen LogP contribution is 2.41. The van der Waals surface area contributed by atoms with E-state index in [9.17, 15) is 9.90 Å². The Morgan fingerprint density at radius 1 is 1.03 bits per heavy atom. The molecule has 1 aliphatic heterocycles. The van der Waals surface area contributed by atoms with Crippen LogP contribution in [0.2, 0.25) is 0 Å². The van der Waals surface area contributed by atoms with Gasteiger partial charge in [0.1, 0.15) is 18.5 Å². The van der Waals surface area contributed by atoms with Gasteiger partial charge in [-0.25, -0.2) is 0 Å². The molecule has 1 heterocycles. The van der Waals surface area contributed by atoms with Crippen LogP contribution in [0.5, 0.6) is 5.75 Å². The smallest absolute Gasteiger partial charge is 0.306 e. The Kier molecular flexibility index (Phi) is 9.27. The zero-order valence-electron chi connectivity index (χ0n) is 23.4. The van der Waals surface area contributed by atoms with Crippen LogP contribution >= 0.6 is 0 Å². The van der Waals surface area contributed by atoms with Gasteiger partial charge in [-0.1, -0.05) is 65.0 Å². The first-order valence-corrected chi connectivity index (χ1v) is 13.7. The lowest BCUT2D eigenvalue weighted by molar-refractivity contribution is -0.155. The van der Waals surface area contributed by atoms with Crippen molar-refractivity contribution in [3.8, 4) is 5.75 Å². The molecule has 2 aromatic rings. The molecule has 0 spiro atoms. The van der Waals surface area contributed by atoms with E-state index >= 15 is 0 Å². The molecule has 0 aliphatic carbocycles. The molecule has 2 aromatic carbocycles. The second-order valence-electron chi connectivity index (χ2n) is 11.6. The second-order valence-corrected chi connectivity index (χ2v) is 11.6. The molecule has 0 saturated carbocycles. The Labute approximate surface area is 218 Å². The fourth-order valence-electron chi connectivity index (χ4n) is 5.42. The van der Waals surface area contributed by atoms with Gasteiger partial charge in [-0.05, 0) is 91.7 Å². The van der Waals surface area contributed by atoms with E-state index in [-0.39, 0.29) is 29.0 Å². The van der Waals surface area contributed by atoms with Crippen molar-refractivity contribution in [3.05, 3.63) is 64.2 Å². The summed E-state index contributed by atoms with van der Waals surface area (Å²) in [5.41, 5.74) is 6.18. The number of benzene rings is 2. The van der Waals surface area contributed by atoms with E-state index in [0.717, 1.165) is 49.8 Å². The first-order chi connectivity index (χ1) is 17.0. The molecule has 3 rings (SSSR count). The standard InChI is InChI=1S/C32H46O4/c1-8-32(9-2,25-15-13-24(22(3)19-25)14-18-29(33)31(5,6)7)26-16-17-28(23(4)20-26)35-21-27-11-10-12-30(34)36-27/h13,15-17,19-20,27,29,33H,8-12,14,18,21H2,1-7H3/t27-,29+/m0/s1. The number of ether oxygens (including phenoxy) is 2. The van der Waals surface area contributed by atoms with Gasteiger partial charge in [0.25, 0.3) is 0 Å². The highest BCUT2D eigenvalue weighted by Gasteiger charge is 2.32. The molecule has 4 heteroatoms. The molecule has 198 valence electrons. The van der Waals surface area contributed by atoms with E-state index in [1.165, 1.54) is 22.3 Å². The minimum atomic E-state index is -0.309. The van der Waals surface area contributed by atoms with Crippen molar-refractivity contribution in [3.63, 3.8) is 0 Å². The van der Waals surface area contributed by atoms with Gasteiger partial charge in [-0.15, -0.1) is 0 Å². The summed E-state index contributed by atoms with van der Waals surface area (Å²) in [6.07, 6.45) is 5.45. The van der Waals surface area contributed by atoms with E-state index in [4.69, 9.17) is 9.47 Å². The molecule has 0 bridgehead atoms. The maximum Gasteiger partial charge on any atom is 0.306 e. The summed E-state index contributed by atoms with van der Waals surface area (Å²) < 4.78 is 11.5. The largest absolute Gasteiger partial charge is 0.489 e. The molecule has 1 saturated heterocycles. The van der Waals surface area contributed by atoms with Crippen LogP contribution in [-0.2, 0) is 21.4 Å². The number of aliphatic hydroxyl groups excluding tert-OH is 1. The van der Waals surface area contributed by atoms with Gasteiger partial charge in [0.15, 0.2) is 0 Å². The molecule has 1 N–H and O–H groups in total. The number of carbonyl (C=O) groups is 1. The average molecular weight is 495 g/mol. The molecule has 0 aromatic heterocycles. The van der Waals surface area contributed by atoms with Crippen LogP contribution in [0.4, 0.5) is 0 Å². The average Bonchev–Trinajstić information content (AvgIpc) is 2.83. The number of hydrogen-bond acceptors (Lipinski definition) is 4. The molecule has 36 heavy (non-hydrogen) atoms. The van der Waals surface area contributed by atoms with E-state index in [1.54, 1.807) is 0 Å². The SMILES string of the molecule is CCC(CC)(c1ccc(CC[C@@H](O)C(C)(C)C)c(C)c1)c1ccc(OC[C@@H]2CCCC(=O)O2)c(C)c1. The lowest BCUT2D eigenvalue weighted by Gasteiger charge is -2.34. The van der Waals surface area contributed by atoms with E-state index in [2.05, 4.69) is 84.9 Å². The Morgan fingerprint density at radius 2 is 1.67 bits per heavy atom. The summed E-state index contributed by atoms with van der Waals surface area (Å²) >= 11 is 0. The summed E-state index contributed by atoms with van der Waals surface area (Å²) in [7, 11) is 0. The summed E-state index contributed by atoms with van der Waals surface area (Å²) in [4.78, 5) is 11.6. The van der Waals surface area contributed by atoms with Crippen molar-refractivity contribution in [1.82, 2.24) is 0 Å². The minimum absolute atomic E-state index is 0.0730. The number of carbonyl (C=O) groups excluding carboxylic acids is 1. The summed E-state index contributed by atoms with van der Waals surface area (Å²) in [5.74, 6) is 0.731. The quantitative estimate of drug-likeness (QED) is 0.354. The summed E-state index contributed by atoms with van der Waals surface area (Å²) in [6, 6.07) is 13.4. The third kappa shape index (κ3) is 6.51.